The monoisotopic (exact) mass is 252 g/mol. The normalized spacial score (nSPS) is 14.6. The van der Waals surface area contributed by atoms with Crippen LogP contribution in [-0.4, -0.2) is 24.8 Å². The summed E-state index contributed by atoms with van der Waals surface area (Å²) < 4.78 is 10.7. The van der Waals surface area contributed by atoms with Crippen LogP contribution in [0.2, 0.25) is 0 Å². The predicted octanol–water partition coefficient (Wildman–Crippen LogP) is 2.54. The molecule has 1 rings (SSSR count). The van der Waals surface area contributed by atoms with Gasteiger partial charge in [0.2, 0.25) is 0 Å². The van der Waals surface area contributed by atoms with E-state index in [1.54, 1.807) is 19.5 Å². The Morgan fingerprint density at radius 2 is 2.00 bits per heavy atom. The van der Waals surface area contributed by atoms with E-state index in [-0.39, 0.29) is 12.1 Å². The van der Waals surface area contributed by atoms with Gasteiger partial charge in [0, 0.05) is 26.0 Å². The lowest BCUT2D eigenvalue weighted by atomic mass is 9.98. The van der Waals surface area contributed by atoms with Crippen molar-refractivity contribution in [2.75, 3.05) is 13.7 Å². The molecule has 2 unspecified atom stereocenters. The number of hydrogen-bond acceptors (Lipinski definition) is 4. The van der Waals surface area contributed by atoms with Gasteiger partial charge < -0.3 is 15.2 Å². The fourth-order valence-electron chi connectivity index (χ4n) is 1.90. The topological polar surface area (TPSA) is 57.4 Å². The highest BCUT2D eigenvalue weighted by molar-refractivity contribution is 5.26. The van der Waals surface area contributed by atoms with Crippen molar-refractivity contribution in [1.29, 1.82) is 0 Å². The second-order valence-corrected chi connectivity index (χ2v) is 5.02. The molecular formula is C14H24N2O2. The van der Waals surface area contributed by atoms with E-state index in [4.69, 9.17) is 15.2 Å². The summed E-state index contributed by atoms with van der Waals surface area (Å²) >= 11 is 0. The molecule has 4 nitrogen and oxygen atoms in total. The summed E-state index contributed by atoms with van der Waals surface area (Å²) in [5, 5.41) is 0. The Labute approximate surface area is 110 Å². The van der Waals surface area contributed by atoms with Crippen molar-refractivity contribution >= 4 is 0 Å². The largest absolute Gasteiger partial charge is 0.489 e. The lowest BCUT2D eigenvalue weighted by molar-refractivity contribution is 0.152. The van der Waals surface area contributed by atoms with Crippen molar-refractivity contribution in [3.05, 3.63) is 24.0 Å². The first-order valence-corrected chi connectivity index (χ1v) is 6.39. The summed E-state index contributed by atoms with van der Waals surface area (Å²) in [6.45, 7) is 6.84. The number of pyridine rings is 1. The van der Waals surface area contributed by atoms with Crippen LogP contribution >= 0.6 is 0 Å². The molecule has 0 fully saturated rings. The maximum Gasteiger partial charge on any atom is 0.138 e. The zero-order valence-corrected chi connectivity index (χ0v) is 11.7. The van der Waals surface area contributed by atoms with E-state index in [9.17, 15) is 0 Å². The minimum absolute atomic E-state index is 0.0293. The molecule has 1 aromatic rings. The van der Waals surface area contributed by atoms with Crippen LogP contribution in [0.3, 0.4) is 0 Å². The van der Waals surface area contributed by atoms with Gasteiger partial charge in [-0.1, -0.05) is 6.92 Å². The molecule has 0 spiro atoms. The molecule has 4 heteroatoms. The van der Waals surface area contributed by atoms with Crippen LogP contribution in [0.1, 0.15) is 38.8 Å². The number of ether oxygens (including phenoxy) is 2. The number of nitrogens with two attached hydrogens (primary N) is 1. The number of methoxy groups -OCH3 is 1. The van der Waals surface area contributed by atoms with Gasteiger partial charge in [-0.05, 0) is 37.8 Å². The molecule has 18 heavy (non-hydrogen) atoms. The zero-order chi connectivity index (χ0) is 13.5. The zero-order valence-electron chi connectivity index (χ0n) is 11.7. The van der Waals surface area contributed by atoms with E-state index in [0.29, 0.717) is 5.92 Å². The molecule has 2 N–H and O–H groups in total. The standard InChI is InChI=1S/C14H24N2O2/c1-10(2)18-13-6-12(7-16-8-13)14(15)5-11(3)9-17-4/h6-8,10-11,14H,5,9,15H2,1-4H3. The third-order valence-electron chi connectivity index (χ3n) is 2.64. The highest BCUT2D eigenvalue weighted by atomic mass is 16.5. The first-order chi connectivity index (χ1) is 8.52. The van der Waals surface area contributed by atoms with Gasteiger partial charge in [0.1, 0.15) is 5.75 Å². The lowest BCUT2D eigenvalue weighted by Gasteiger charge is -2.18. The first-order valence-electron chi connectivity index (χ1n) is 6.39. The molecule has 0 saturated heterocycles. The van der Waals surface area contributed by atoms with Crippen LogP contribution in [0, 0.1) is 5.92 Å². The molecule has 0 bridgehead atoms. The van der Waals surface area contributed by atoms with Crippen LogP contribution in [0.5, 0.6) is 5.75 Å². The number of hydrogen-bond donors (Lipinski definition) is 1. The molecule has 2 atom stereocenters. The average molecular weight is 252 g/mol. The summed E-state index contributed by atoms with van der Waals surface area (Å²) in [6, 6.07) is 1.94. The summed E-state index contributed by atoms with van der Waals surface area (Å²) in [6.07, 6.45) is 4.54. The van der Waals surface area contributed by atoms with Crippen molar-refractivity contribution in [3.8, 4) is 5.75 Å². The van der Waals surface area contributed by atoms with E-state index in [1.807, 2.05) is 19.9 Å². The summed E-state index contributed by atoms with van der Waals surface area (Å²) in [7, 11) is 1.71. The highest BCUT2D eigenvalue weighted by Gasteiger charge is 2.12. The molecule has 1 heterocycles. The molecular weight excluding hydrogens is 228 g/mol. The fourth-order valence-corrected chi connectivity index (χ4v) is 1.90. The van der Waals surface area contributed by atoms with Gasteiger partial charge in [-0.3, -0.25) is 4.98 Å². The van der Waals surface area contributed by atoms with Crippen molar-refractivity contribution in [1.82, 2.24) is 4.98 Å². The molecule has 0 aromatic carbocycles. The average Bonchev–Trinajstić information content (AvgIpc) is 2.28. The van der Waals surface area contributed by atoms with Crippen LogP contribution in [0.4, 0.5) is 0 Å². The van der Waals surface area contributed by atoms with Crippen molar-refractivity contribution in [2.24, 2.45) is 11.7 Å². The Balaban J connectivity index is 2.64. The van der Waals surface area contributed by atoms with Crippen LogP contribution in [0.15, 0.2) is 18.5 Å². The van der Waals surface area contributed by atoms with E-state index in [1.165, 1.54) is 0 Å². The maximum absolute atomic E-state index is 6.17. The Morgan fingerprint density at radius 3 is 2.61 bits per heavy atom. The summed E-state index contributed by atoms with van der Waals surface area (Å²) in [4.78, 5) is 4.18. The number of aromatic nitrogens is 1. The van der Waals surface area contributed by atoms with E-state index < -0.39 is 0 Å². The van der Waals surface area contributed by atoms with Crippen molar-refractivity contribution in [3.63, 3.8) is 0 Å². The quantitative estimate of drug-likeness (QED) is 0.810. The molecule has 0 saturated carbocycles. The van der Waals surface area contributed by atoms with Gasteiger partial charge in [0.15, 0.2) is 0 Å². The molecule has 0 aliphatic heterocycles. The van der Waals surface area contributed by atoms with E-state index in [2.05, 4.69) is 11.9 Å². The number of nitrogens with zero attached hydrogens (tertiary/aromatic N) is 1. The van der Waals surface area contributed by atoms with E-state index >= 15 is 0 Å². The molecule has 0 radical (unpaired) electrons. The van der Waals surface area contributed by atoms with Gasteiger partial charge >= 0.3 is 0 Å². The Morgan fingerprint density at radius 1 is 1.28 bits per heavy atom. The first kappa shape index (κ1) is 14.9. The van der Waals surface area contributed by atoms with Crippen molar-refractivity contribution < 1.29 is 9.47 Å². The van der Waals surface area contributed by atoms with E-state index in [0.717, 1.165) is 24.3 Å². The minimum Gasteiger partial charge on any atom is -0.489 e. The molecule has 102 valence electrons. The van der Waals surface area contributed by atoms with Gasteiger partial charge in [-0.2, -0.15) is 0 Å². The highest BCUT2D eigenvalue weighted by Crippen LogP contribution is 2.22. The minimum atomic E-state index is -0.0293. The molecule has 0 aliphatic carbocycles. The lowest BCUT2D eigenvalue weighted by Crippen LogP contribution is -2.17. The smallest absolute Gasteiger partial charge is 0.138 e. The number of rotatable bonds is 7. The van der Waals surface area contributed by atoms with Crippen molar-refractivity contribution in [2.45, 2.75) is 39.3 Å². The SMILES string of the molecule is COCC(C)CC(N)c1cncc(OC(C)C)c1. The molecule has 0 amide bonds. The fraction of sp³-hybridized carbons (Fsp3) is 0.643. The molecule has 0 aliphatic rings. The van der Waals surface area contributed by atoms with Gasteiger partial charge in [-0.25, -0.2) is 0 Å². The van der Waals surface area contributed by atoms with Crippen LogP contribution in [-0.2, 0) is 4.74 Å². The molecule has 1 aromatic heterocycles. The third kappa shape index (κ3) is 5.02. The van der Waals surface area contributed by atoms with Crippen LogP contribution < -0.4 is 10.5 Å². The second kappa shape index (κ2) is 7.34. The van der Waals surface area contributed by atoms with Gasteiger partial charge in [0.05, 0.1) is 12.3 Å². The van der Waals surface area contributed by atoms with Gasteiger partial charge in [0.25, 0.3) is 0 Å². The third-order valence-corrected chi connectivity index (χ3v) is 2.64. The van der Waals surface area contributed by atoms with Crippen LogP contribution in [0.25, 0.3) is 0 Å². The maximum atomic E-state index is 6.17. The van der Waals surface area contributed by atoms with Gasteiger partial charge in [-0.15, -0.1) is 0 Å². The Kier molecular flexibility index (Phi) is 6.09. The second-order valence-electron chi connectivity index (χ2n) is 5.02. The Hall–Kier alpha value is -1.13. The Bertz CT molecular complexity index is 355. The predicted molar refractivity (Wildman–Crippen MR) is 72.6 cm³/mol. The summed E-state index contributed by atoms with van der Waals surface area (Å²) in [5.74, 6) is 1.21. The summed E-state index contributed by atoms with van der Waals surface area (Å²) in [5.41, 5.74) is 7.19.